The molecule has 0 spiro atoms. The molecule has 0 aliphatic rings. The van der Waals surface area contributed by atoms with Crippen LogP contribution in [0.15, 0.2) is 54.7 Å². The van der Waals surface area contributed by atoms with Crippen molar-refractivity contribution in [3.05, 3.63) is 65.9 Å². The van der Waals surface area contributed by atoms with Gasteiger partial charge in [0.25, 0.3) is 5.91 Å². The van der Waals surface area contributed by atoms with E-state index in [2.05, 4.69) is 16.4 Å². The van der Waals surface area contributed by atoms with Gasteiger partial charge in [-0.2, -0.15) is 0 Å². The van der Waals surface area contributed by atoms with Crippen LogP contribution in [0.4, 0.5) is 4.79 Å². The van der Waals surface area contributed by atoms with Gasteiger partial charge in [-0.1, -0.05) is 6.07 Å². The summed E-state index contributed by atoms with van der Waals surface area (Å²) in [6.45, 7) is 2.48. The van der Waals surface area contributed by atoms with Crippen LogP contribution in [0.1, 0.15) is 22.8 Å². The second kappa shape index (κ2) is 8.20. The van der Waals surface area contributed by atoms with Crippen molar-refractivity contribution in [2.45, 2.75) is 13.3 Å². The molecule has 134 valence electrons. The fourth-order valence-electron chi connectivity index (χ4n) is 2.60. The second-order valence-electron chi connectivity index (χ2n) is 5.71. The molecule has 3 aromatic rings. The van der Waals surface area contributed by atoms with E-state index in [0.717, 1.165) is 22.9 Å². The molecule has 3 rings (SSSR count). The fourth-order valence-corrected chi connectivity index (χ4v) is 2.60. The molecule has 0 radical (unpaired) electrons. The number of benzene rings is 2. The Morgan fingerprint density at radius 2 is 1.88 bits per heavy atom. The zero-order valence-corrected chi connectivity index (χ0v) is 14.5. The SMILES string of the molecule is CCOC(=O)Oc1ccc(C(=O)NCCc2ccc3[nH]ccc3c2)cc1. The fraction of sp³-hybridized carbons (Fsp3) is 0.200. The Hall–Kier alpha value is -3.28. The molecule has 0 aliphatic carbocycles. The number of hydrogen-bond donors (Lipinski definition) is 2. The molecule has 1 aromatic heterocycles. The molecule has 1 heterocycles. The molecule has 0 saturated heterocycles. The van der Waals surface area contributed by atoms with E-state index in [0.29, 0.717) is 17.9 Å². The lowest BCUT2D eigenvalue weighted by Crippen LogP contribution is -2.25. The van der Waals surface area contributed by atoms with Gasteiger partial charge in [-0.3, -0.25) is 4.79 Å². The van der Waals surface area contributed by atoms with Crippen molar-refractivity contribution >= 4 is 23.0 Å². The van der Waals surface area contributed by atoms with Crippen molar-refractivity contribution in [2.75, 3.05) is 13.2 Å². The van der Waals surface area contributed by atoms with Gasteiger partial charge < -0.3 is 19.8 Å². The lowest BCUT2D eigenvalue weighted by atomic mass is 10.1. The zero-order chi connectivity index (χ0) is 18.4. The molecular formula is C20H20N2O4. The maximum absolute atomic E-state index is 12.2. The van der Waals surface area contributed by atoms with Gasteiger partial charge in [0.1, 0.15) is 5.75 Å². The average Bonchev–Trinajstić information content (AvgIpc) is 3.10. The summed E-state index contributed by atoms with van der Waals surface area (Å²) in [6, 6.07) is 14.6. The molecule has 2 aromatic carbocycles. The molecular weight excluding hydrogens is 332 g/mol. The summed E-state index contributed by atoms with van der Waals surface area (Å²) in [7, 11) is 0. The third-order valence-corrected chi connectivity index (χ3v) is 3.90. The summed E-state index contributed by atoms with van der Waals surface area (Å²) >= 11 is 0. The number of fused-ring (bicyclic) bond motifs is 1. The number of aromatic amines is 1. The molecule has 1 amide bonds. The highest BCUT2D eigenvalue weighted by atomic mass is 16.7. The van der Waals surface area contributed by atoms with Crippen molar-refractivity contribution in [1.29, 1.82) is 0 Å². The monoisotopic (exact) mass is 352 g/mol. The van der Waals surface area contributed by atoms with Gasteiger partial charge in [-0.25, -0.2) is 4.79 Å². The Morgan fingerprint density at radius 1 is 1.08 bits per heavy atom. The predicted molar refractivity (Wildman–Crippen MR) is 98.4 cm³/mol. The van der Waals surface area contributed by atoms with Crippen LogP contribution in [0.5, 0.6) is 5.75 Å². The highest BCUT2D eigenvalue weighted by molar-refractivity contribution is 5.94. The Morgan fingerprint density at radius 3 is 2.65 bits per heavy atom. The van der Waals surface area contributed by atoms with E-state index in [1.807, 2.05) is 24.4 Å². The Kier molecular flexibility index (Phi) is 5.53. The lowest BCUT2D eigenvalue weighted by Gasteiger charge is -2.07. The quantitative estimate of drug-likeness (QED) is 0.524. The summed E-state index contributed by atoms with van der Waals surface area (Å²) in [6.07, 6.45) is 1.90. The molecule has 26 heavy (non-hydrogen) atoms. The largest absolute Gasteiger partial charge is 0.513 e. The maximum Gasteiger partial charge on any atom is 0.513 e. The predicted octanol–water partition coefficient (Wildman–Crippen LogP) is 3.68. The van der Waals surface area contributed by atoms with Gasteiger partial charge >= 0.3 is 6.16 Å². The van der Waals surface area contributed by atoms with Crippen molar-refractivity contribution in [2.24, 2.45) is 0 Å². The van der Waals surface area contributed by atoms with Crippen LogP contribution >= 0.6 is 0 Å². The van der Waals surface area contributed by atoms with Gasteiger partial charge in [0.05, 0.1) is 6.61 Å². The van der Waals surface area contributed by atoms with Crippen LogP contribution < -0.4 is 10.1 Å². The van der Waals surface area contributed by atoms with Crippen LogP contribution in [0.25, 0.3) is 10.9 Å². The minimum atomic E-state index is -0.760. The number of hydrogen-bond acceptors (Lipinski definition) is 4. The Bertz CT molecular complexity index is 900. The molecule has 2 N–H and O–H groups in total. The molecule has 0 bridgehead atoms. The molecule has 0 saturated carbocycles. The van der Waals surface area contributed by atoms with Crippen LogP contribution in [0, 0.1) is 0 Å². The van der Waals surface area contributed by atoms with Gasteiger partial charge in [-0.05, 0) is 66.8 Å². The molecule has 0 atom stereocenters. The van der Waals surface area contributed by atoms with Crippen molar-refractivity contribution in [1.82, 2.24) is 10.3 Å². The van der Waals surface area contributed by atoms with E-state index in [9.17, 15) is 9.59 Å². The third-order valence-electron chi connectivity index (χ3n) is 3.90. The standard InChI is InChI=1S/C20H20N2O4/c1-2-25-20(24)26-17-6-4-15(5-7-17)19(23)22-11-9-14-3-8-18-16(13-14)10-12-21-18/h3-8,10,12-13,21H,2,9,11H2,1H3,(H,22,23). The molecule has 0 unspecified atom stereocenters. The molecule has 6 nitrogen and oxygen atoms in total. The van der Waals surface area contributed by atoms with E-state index in [-0.39, 0.29) is 12.5 Å². The van der Waals surface area contributed by atoms with Crippen LogP contribution in [-0.4, -0.2) is 30.2 Å². The normalized spacial score (nSPS) is 10.5. The van der Waals surface area contributed by atoms with Crippen molar-refractivity contribution in [3.63, 3.8) is 0 Å². The van der Waals surface area contributed by atoms with Gasteiger partial charge in [0.2, 0.25) is 0 Å². The van der Waals surface area contributed by atoms with Gasteiger partial charge in [-0.15, -0.1) is 0 Å². The Labute approximate surface area is 151 Å². The first-order valence-corrected chi connectivity index (χ1v) is 8.44. The molecule has 6 heteroatoms. The van der Waals surface area contributed by atoms with Gasteiger partial charge in [0, 0.05) is 23.8 Å². The Balaban J connectivity index is 1.50. The summed E-state index contributed by atoms with van der Waals surface area (Å²) < 4.78 is 9.66. The summed E-state index contributed by atoms with van der Waals surface area (Å²) in [5.41, 5.74) is 2.76. The van der Waals surface area contributed by atoms with E-state index < -0.39 is 6.16 Å². The lowest BCUT2D eigenvalue weighted by molar-refractivity contribution is 0.0954. The highest BCUT2D eigenvalue weighted by Gasteiger charge is 2.08. The van der Waals surface area contributed by atoms with Crippen LogP contribution in [0.3, 0.4) is 0 Å². The van der Waals surface area contributed by atoms with E-state index >= 15 is 0 Å². The summed E-state index contributed by atoms with van der Waals surface area (Å²) in [4.78, 5) is 26.6. The number of H-pyrrole nitrogens is 1. The smallest absolute Gasteiger partial charge is 0.434 e. The number of aromatic nitrogens is 1. The summed E-state index contributed by atoms with van der Waals surface area (Å²) in [5, 5.41) is 4.05. The first kappa shape index (κ1) is 17.5. The van der Waals surface area contributed by atoms with Crippen molar-refractivity contribution < 1.29 is 19.1 Å². The number of nitrogens with one attached hydrogen (secondary N) is 2. The first-order chi connectivity index (χ1) is 12.7. The topological polar surface area (TPSA) is 80.4 Å². The second-order valence-corrected chi connectivity index (χ2v) is 5.71. The van der Waals surface area contributed by atoms with E-state index in [4.69, 9.17) is 9.47 Å². The average molecular weight is 352 g/mol. The molecule has 0 aliphatic heterocycles. The van der Waals surface area contributed by atoms with Gasteiger partial charge in [0.15, 0.2) is 0 Å². The van der Waals surface area contributed by atoms with Crippen LogP contribution in [-0.2, 0) is 11.2 Å². The number of carbonyl (C=O) groups is 2. The number of carbonyl (C=O) groups excluding carboxylic acids is 2. The molecule has 0 fully saturated rings. The zero-order valence-electron chi connectivity index (χ0n) is 14.5. The third kappa shape index (κ3) is 4.42. The number of ether oxygens (including phenoxy) is 2. The number of rotatable bonds is 6. The minimum absolute atomic E-state index is 0.171. The highest BCUT2D eigenvalue weighted by Crippen LogP contribution is 2.15. The maximum atomic E-state index is 12.2. The minimum Gasteiger partial charge on any atom is -0.434 e. The summed E-state index contributed by atoms with van der Waals surface area (Å²) in [5.74, 6) is 0.162. The van der Waals surface area contributed by atoms with E-state index in [1.54, 1.807) is 31.2 Å². The van der Waals surface area contributed by atoms with Crippen LogP contribution in [0.2, 0.25) is 0 Å². The van der Waals surface area contributed by atoms with E-state index in [1.165, 1.54) is 0 Å². The van der Waals surface area contributed by atoms with Crippen molar-refractivity contribution in [3.8, 4) is 5.75 Å². The number of amides is 1. The first-order valence-electron chi connectivity index (χ1n) is 8.44.